The van der Waals surface area contributed by atoms with Crippen molar-refractivity contribution in [1.82, 2.24) is 20.4 Å². The average Bonchev–Trinajstić information content (AvgIpc) is 3.33. The van der Waals surface area contributed by atoms with Crippen LogP contribution in [0.15, 0.2) is 24.3 Å². The van der Waals surface area contributed by atoms with Crippen molar-refractivity contribution in [3.8, 4) is 5.75 Å². The van der Waals surface area contributed by atoms with E-state index in [-0.39, 0.29) is 24.3 Å². The topological polar surface area (TPSA) is 91.0 Å². The highest BCUT2D eigenvalue weighted by Gasteiger charge is 2.37. The highest BCUT2D eigenvalue weighted by molar-refractivity contribution is 6.04. The molecule has 0 aromatic heterocycles. The summed E-state index contributed by atoms with van der Waals surface area (Å²) in [4.78, 5) is 40.6. The first-order valence-corrected chi connectivity index (χ1v) is 10.8. The zero-order valence-corrected chi connectivity index (χ0v) is 17.9. The maximum absolute atomic E-state index is 12.6. The average molecular weight is 417 g/mol. The van der Waals surface area contributed by atoms with Gasteiger partial charge in [0.2, 0.25) is 5.91 Å². The van der Waals surface area contributed by atoms with Gasteiger partial charge in [-0.25, -0.2) is 4.79 Å². The Hall–Kier alpha value is -2.61. The number of hydrogen-bond donors (Lipinski definition) is 2. The second kappa shape index (κ2) is 10.4. The number of rotatable bonds is 10. The van der Waals surface area contributed by atoms with Crippen LogP contribution >= 0.6 is 0 Å². The number of carbonyl (C=O) groups excluding carboxylic acids is 3. The number of amides is 4. The normalized spacial score (nSPS) is 21.7. The molecule has 2 aliphatic heterocycles. The van der Waals surface area contributed by atoms with Gasteiger partial charge in [0.05, 0.1) is 7.11 Å². The molecule has 2 fully saturated rings. The van der Waals surface area contributed by atoms with Gasteiger partial charge in [0.15, 0.2) is 0 Å². The SMILES string of the molecule is CCN1CCC[C@H]1CNC(=O)CC[C@@H]1NC(=O)N(CCc2ccc(OC)cc2)C1=O. The second-order valence-corrected chi connectivity index (χ2v) is 7.86. The molecule has 0 aliphatic carbocycles. The summed E-state index contributed by atoms with van der Waals surface area (Å²) in [6, 6.07) is 6.94. The number of likely N-dealkylation sites (N-methyl/N-ethyl adjacent to an activating group) is 1. The Bertz CT molecular complexity index is 752. The fourth-order valence-electron chi connectivity index (χ4n) is 4.16. The van der Waals surface area contributed by atoms with Crippen molar-refractivity contribution >= 4 is 17.8 Å². The van der Waals surface area contributed by atoms with Gasteiger partial charge in [-0.05, 0) is 56.5 Å². The third-order valence-electron chi connectivity index (χ3n) is 5.99. The van der Waals surface area contributed by atoms with Gasteiger partial charge in [-0.2, -0.15) is 0 Å². The number of ether oxygens (including phenoxy) is 1. The Kier molecular flexibility index (Phi) is 7.68. The third-order valence-corrected chi connectivity index (χ3v) is 5.99. The van der Waals surface area contributed by atoms with Crippen LogP contribution in [0.4, 0.5) is 4.79 Å². The van der Waals surface area contributed by atoms with E-state index >= 15 is 0 Å². The number of hydrogen-bond acceptors (Lipinski definition) is 5. The van der Waals surface area contributed by atoms with E-state index in [1.54, 1.807) is 7.11 Å². The molecular formula is C22H32N4O4. The lowest BCUT2D eigenvalue weighted by Crippen LogP contribution is -2.40. The summed E-state index contributed by atoms with van der Waals surface area (Å²) in [6.45, 7) is 5.18. The van der Waals surface area contributed by atoms with Gasteiger partial charge < -0.3 is 15.4 Å². The molecule has 8 heteroatoms. The van der Waals surface area contributed by atoms with Crippen LogP contribution in [0.1, 0.15) is 38.2 Å². The molecule has 0 radical (unpaired) electrons. The molecule has 4 amide bonds. The molecule has 0 bridgehead atoms. The van der Waals surface area contributed by atoms with E-state index < -0.39 is 6.04 Å². The minimum Gasteiger partial charge on any atom is -0.497 e. The lowest BCUT2D eigenvalue weighted by molar-refractivity contribution is -0.127. The minimum atomic E-state index is -0.627. The molecule has 8 nitrogen and oxygen atoms in total. The van der Waals surface area contributed by atoms with Crippen LogP contribution in [0.5, 0.6) is 5.75 Å². The number of imide groups is 1. The van der Waals surface area contributed by atoms with Gasteiger partial charge in [0.25, 0.3) is 5.91 Å². The molecule has 0 unspecified atom stereocenters. The smallest absolute Gasteiger partial charge is 0.324 e. The monoisotopic (exact) mass is 416 g/mol. The molecular weight excluding hydrogens is 384 g/mol. The van der Waals surface area contributed by atoms with Gasteiger partial charge >= 0.3 is 6.03 Å². The fraction of sp³-hybridized carbons (Fsp3) is 0.591. The van der Waals surface area contributed by atoms with Crippen molar-refractivity contribution in [2.24, 2.45) is 0 Å². The largest absolute Gasteiger partial charge is 0.497 e. The molecule has 2 heterocycles. The summed E-state index contributed by atoms with van der Waals surface area (Å²) in [7, 11) is 1.61. The number of nitrogens with zero attached hydrogens (tertiary/aromatic N) is 2. The van der Waals surface area contributed by atoms with Crippen LogP contribution in [0.2, 0.25) is 0 Å². The summed E-state index contributed by atoms with van der Waals surface area (Å²) in [5, 5.41) is 5.68. The van der Waals surface area contributed by atoms with E-state index in [4.69, 9.17) is 4.74 Å². The van der Waals surface area contributed by atoms with Crippen molar-refractivity contribution in [3.05, 3.63) is 29.8 Å². The van der Waals surface area contributed by atoms with Crippen LogP contribution in [-0.4, -0.2) is 73.0 Å². The van der Waals surface area contributed by atoms with Gasteiger partial charge in [-0.3, -0.25) is 19.4 Å². The number of urea groups is 1. The number of benzene rings is 1. The van der Waals surface area contributed by atoms with Crippen molar-refractivity contribution in [2.45, 2.75) is 51.1 Å². The molecule has 0 spiro atoms. The maximum atomic E-state index is 12.6. The number of nitrogens with one attached hydrogen (secondary N) is 2. The van der Waals surface area contributed by atoms with Crippen LogP contribution < -0.4 is 15.4 Å². The molecule has 30 heavy (non-hydrogen) atoms. The molecule has 2 aliphatic rings. The lowest BCUT2D eigenvalue weighted by atomic mass is 10.1. The summed E-state index contributed by atoms with van der Waals surface area (Å²) in [5.74, 6) is 0.438. The van der Waals surface area contributed by atoms with E-state index in [9.17, 15) is 14.4 Å². The molecule has 3 rings (SSSR count). The first-order valence-electron chi connectivity index (χ1n) is 10.8. The first-order chi connectivity index (χ1) is 14.5. The third kappa shape index (κ3) is 5.50. The maximum Gasteiger partial charge on any atom is 0.324 e. The number of methoxy groups -OCH3 is 1. The van der Waals surface area contributed by atoms with Crippen molar-refractivity contribution in [1.29, 1.82) is 0 Å². The van der Waals surface area contributed by atoms with Crippen LogP contribution in [0.3, 0.4) is 0 Å². The van der Waals surface area contributed by atoms with Gasteiger partial charge in [-0.15, -0.1) is 0 Å². The van der Waals surface area contributed by atoms with E-state index in [0.717, 1.165) is 30.8 Å². The Balaban J connectivity index is 1.41. The molecule has 164 valence electrons. The van der Waals surface area contributed by atoms with Crippen molar-refractivity contribution in [3.63, 3.8) is 0 Å². The van der Waals surface area contributed by atoms with Gasteiger partial charge in [0.1, 0.15) is 11.8 Å². The Morgan fingerprint density at radius 3 is 2.73 bits per heavy atom. The van der Waals surface area contributed by atoms with Crippen molar-refractivity contribution in [2.75, 3.05) is 33.3 Å². The highest BCUT2D eigenvalue weighted by Crippen LogP contribution is 2.17. The predicted octanol–water partition coefficient (Wildman–Crippen LogP) is 1.54. The first kappa shape index (κ1) is 22.1. The summed E-state index contributed by atoms with van der Waals surface area (Å²) < 4.78 is 5.13. The van der Waals surface area contributed by atoms with E-state index in [2.05, 4.69) is 22.5 Å². The van der Waals surface area contributed by atoms with Gasteiger partial charge in [0, 0.05) is 25.6 Å². The van der Waals surface area contributed by atoms with Gasteiger partial charge in [-0.1, -0.05) is 19.1 Å². The van der Waals surface area contributed by atoms with E-state index in [1.165, 1.54) is 11.3 Å². The molecule has 2 saturated heterocycles. The summed E-state index contributed by atoms with van der Waals surface area (Å²) >= 11 is 0. The predicted molar refractivity (Wildman–Crippen MR) is 113 cm³/mol. The molecule has 2 N–H and O–H groups in total. The number of carbonyl (C=O) groups is 3. The van der Waals surface area contributed by atoms with Crippen LogP contribution in [-0.2, 0) is 16.0 Å². The van der Waals surface area contributed by atoms with Crippen LogP contribution in [0.25, 0.3) is 0 Å². The Morgan fingerprint density at radius 2 is 2.03 bits per heavy atom. The molecule has 1 aromatic rings. The number of likely N-dealkylation sites (tertiary alicyclic amines) is 1. The zero-order chi connectivity index (χ0) is 21.5. The fourth-order valence-corrected chi connectivity index (χ4v) is 4.16. The van der Waals surface area contributed by atoms with Crippen LogP contribution in [0, 0.1) is 0 Å². The summed E-state index contributed by atoms with van der Waals surface area (Å²) in [5.41, 5.74) is 1.02. The molecule has 0 saturated carbocycles. The lowest BCUT2D eigenvalue weighted by Gasteiger charge is -2.22. The molecule has 2 atom stereocenters. The standard InChI is InChI=1S/C22H32N4O4/c1-3-25-13-4-5-17(25)15-23-20(27)11-10-19-21(28)26(22(29)24-19)14-12-16-6-8-18(30-2)9-7-16/h6-9,17,19H,3-5,10-15H2,1-2H3,(H,23,27)(H,24,29)/t17-,19-/m0/s1. The highest BCUT2D eigenvalue weighted by atomic mass is 16.5. The van der Waals surface area contributed by atoms with Crippen molar-refractivity contribution < 1.29 is 19.1 Å². The zero-order valence-electron chi connectivity index (χ0n) is 17.9. The van der Waals surface area contributed by atoms with E-state index in [1.807, 2.05) is 24.3 Å². The summed E-state index contributed by atoms with van der Waals surface area (Å²) in [6.07, 6.45) is 3.39. The van der Waals surface area contributed by atoms with E-state index in [0.29, 0.717) is 32.0 Å². The minimum absolute atomic E-state index is 0.0725. The Morgan fingerprint density at radius 1 is 1.27 bits per heavy atom. The quantitative estimate of drug-likeness (QED) is 0.565. The molecule has 1 aromatic carbocycles. The Labute approximate surface area is 177 Å². The second-order valence-electron chi connectivity index (χ2n) is 7.86.